The van der Waals surface area contributed by atoms with E-state index in [0.29, 0.717) is 25.1 Å². The van der Waals surface area contributed by atoms with Gasteiger partial charge in [-0.3, -0.25) is 0 Å². The Hall–Kier alpha value is -0.850. The summed E-state index contributed by atoms with van der Waals surface area (Å²) in [4.78, 5) is 0. The normalized spacial score (nSPS) is 18.4. The van der Waals surface area contributed by atoms with Crippen LogP contribution in [0.3, 0.4) is 0 Å². The summed E-state index contributed by atoms with van der Waals surface area (Å²) in [5.41, 5.74) is 0. The highest BCUT2D eigenvalue weighted by Gasteiger charge is 2.31. The summed E-state index contributed by atoms with van der Waals surface area (Å²) < 4.78 is 31.5. The molecule has 2 heterocycles. The molecule has 1 saturated heterocycles. The number of sulfonamides is 1. The summed E-state index contributed by atoms with van der Waals surface area (Å²) in [5.74, 6) is 1.49. The van der Waals surface area contributed by atoms with Gasteiger partial charge >= 0.3 is 0 Å². The van der Waals surface area contributed by atoms with Gasteiger partial charge in [0.1, 0.15) is 11.5 Å². The summed E-state index contributed by atoms with van der Waals surface area (Å²) in [6.45, 7) is 3.71. The molecule has 1 aromatic rings. The number of rotatable bonds is 4. The average Bonchev–Trinajstić information content (AvgIpc) is 2.76. The average molecular weight is 272 g/mol. The lowest BCUT2D eigenvalue weighted by Crippen LogP contribution is -2.42. The third-order valence-corrected chi connectivity index (χ3v) is 5.63. The number of nitrogens with one attached hydrogen (secondary N) is 1. The van der Waals surface area contributed by atoms with Gasteiger partial charge in [-0.05, 0) is 45.0 Å². The molecule has 102 valence electrons. The molecule has 1 aliphatic heterocycles. The van der Waals surface area contributed by atoms with Crippen molar-refractivity contribution in [2.75, 3.05) is 20.1 Å². The van der Waals surface area contributed by atoms with Crippen molar-refractivity contribution in [3.8, 4) is 0 Å². The van der Waals surface area contributed by atoms with Crippen molar-refractivity contribution in [2.45, 2.75) is 31.6 Å². The van der Waals surface area contributed by atoms with E-state index >= 15 is 0 Å². The Morgan fingerprint density at radius 2 is 2.06 bits per heavy atom. The summed E-state index contributed by atoms with van der Waals surface area (Å²) >= 11 is 0. The molecule has 18 heavy (non-hydrogen) atoms. The van der Waals surface area contributed by atoms with Crippen LogP contribution >= 0.6 is 0 Å². The van der Waals surface area contributed by atoms with Crippen molar-refractivity contribution in [2.24, 2.45) is 0 Å². The van der Waals surface area contributed by atoms with E-state index in [4.69, 9.17) is 4.42 Å². The molecule has 2 rings (SSSR count). The van der Waals surface area contributed by atoms with Crippen molar-refractivity contribution in [3.05, 3.63) is 23.7 Å². The molecule has 0 saturated carbocycles. The lowest BCUT2D eigenvalue weighted by molar-refractivity contribution is 0.384. The van der Waals surface area contributed by atoms with Crippen LogP contribution in [-0.4, -0.2) is 38.1 Å². The molecule has 1 fully saturated rings. The maximum absolute atomic E-state index is 12.4. The molecule has 1 aliphatic rings. The topological polar surface area (TPSA) is 62.6 Å². The van der Waals surface area contributed by atoms with E-state index in [2.05, 4.69) is 5.32 Å². The van der Waals surface area contributed by atoms with Gasteiger partial charge in [-0.15, -0.1) is 0 Å². The second-order valence-electron chi connectivity index (χ2n) is 4.76. The standard InChI is InChI=1S/C12H20N2O3S/c1-10-3-4-11(17-10)9-14(2)18(15,16)12-5-7-13-8-6-12/h3-4,12-13H,5-9H2,1-2H3. The zero-order chi connectivity index (χ0) is 13.2. The smallest absolute Gasteiger partial charge is 0.217 e. The van der Waals surface area contributed by atoms with Gasteiger partial charge in [-0.2, -0.15) is 4.31 Å². The highest BCUT2D eigenvalue weighted by Crippen LogP contribution is 2.19. The highest BCUT2D eigenvalue weighted by atomic mass is 32.2. The summed E-state index contributed by atoms with van der Waals surface area (Å²) in [6.07, 6.45) is 1.37. The van der Waals surface area contributed by atoms with E-state index in [1.54, 1.807) is 7.05 Å². The Morgan fingerprint density at radius 3 is 2.61 bits per heavy atom. The van der Waals surface area contributed by atoms with Crippen molar-refractivity contribution in [1.29, 1.82) is 0 Å². The first-order chi connectivity index (χ1) is 8.50. The van der Waals surface area contributed by atoms with Crippen LogP contribution in [0.1, 0.15) is 24.4 Å². The van der Waals surface area contributed by atoms with Crippen LogP contribution in [-0.2, 0) is 16.6 Å². The third kappa shape index (κ3) is 2.93. The Bertz CT molecular complexity index is 489. The summed E-state index contributed by atoms with van der Waals surface area (Å²) in [7, 11) is -1.60. The second-order valence-corrected chi connectivity index (χ2v) is 7.08. The van der Waals surface area contributed by atoms with Gasteiger partial charge in [0.2, 0.25) is 10.0 Å². The van der Waals surface area contributed by atoms with Crippen LogP contribution in [0.25, 0.3) is 0 Å². The quantitative estimate of drug-likeness (QED) is 0.891. The molecule has 1 N–H and O–H groups in total. The zero-order valence-electron chi connectivity index (χ0n) is 10.8. The van der Waals surface area contributed by atoms with E-state index in [0.717, 1.165) is 18.8 Å². The fourth-order valence-electron chi connectivity index (χ4n) is 2.23. The van der Waals surface area contributed by atoms with Gasteiger partial charge in [0.25, 0.3) is 0 Å². The molecule has 1 aromatic heterocycles. The van der Waals surface area contributed by atoms with Gasteiger partial charge in [-0.1, -0.05) is 0 Å². The fraction of sp³-hybridized carbons (Fsp3) is 0.667. The lowest BCUT2D eigenvalue weighted by Gasteiger charge is -2.27. The minimum absolute atomic E-state index is 0.264. The second kappa shape index (κ2) is 5.42. The maximum atomic E-state index is 12.4. The fourth-order valence-corrected chi connectivity index (χ4v) is 3.87. The molecule has 0 aliphatic carbocycles. The van der Waals surface area contributed by atoms with E-state index in [1.165, 1.54) is 4.31 Å². The number of hydrogen-bond donors (Lipinski definition) is 1. The largest absolute Gasteiger partial charge is 0.465 e. The first-order valence-corrected chi connectivity index (χ1v) is 7.71. The van der Waals surface area contributed by atoms with Gasteiger partial charge in [-0.25, -0.2) is 8.42 Å². The number of hydrogen-bond acceptors (Lipinski definition) is 4. The maximum Gasteiger partial charge on any atom is 0.217 e. The Labute approximate surface area is 108 Å². The Kier molecular flexibility index (Phi) is 4.09. The monoisotopic (exact) mass is 272 g/mol. The predicted octanol–water partition coefficient (Wildman–Crippen LogP) is 1.10. The van der Waals surface area contributed by atoms with Crippen molar-refractivity contribution in [1.82, 2.24) is 9.62 Å². The molecule has 6 heteroatoms. The minimum atomic E-state index is -3.22. The van der Waals surface area contributed by atoms with Crippen molar-refractivity contribution in [3.63, 3.8) is 0 Å². The van der Waals surface area contributed by atoms with Crippen LogP contribution in [0.15, 0.2) is 16.5 Å². The number of piperidine rings is 1. The number of nitrogens with zero attached hydrogens (tertiary/aromatic N) is 1. The number of aryl methyl sites for hydroxylation is 1. The SMILES string of the molecule is Cc1ccc(CN(C)S(=O)(=O)C2CCNCC2)o1. The molecule has 0 amide bonds. The molecule has 0 radical (unpaired) electrons. The molecule has 0 unspecified atom stereocenters. The molecule has 0 spiro atoms. The Balaban J connectivity index is 2.04. The first kappa shape index (κ1) is 13.6. The first-order valence-electron chi connectivity index (χ1n) is 6.21. The van der Waals surface area contributed by atoms with E-state index in [-0.39, 0.29) is 5.25 Å². The molecular formula is C12H20N2O3S. The van der Waals surface area contributed by atoms with Gasteiger partial charge < -0.3 is 9.73 Å². The van der Waals surface area contributed by atoms with Crippen LogP contribution < -0.4 is 5.32 Å². The van der Waals surface area contributed by atoms with E-state index < -0.39 is 10.0 Å². The zero-order valence-corrected chi connectivity index (χ0v) is 11.7. The Morgan fingerprint density at radius 1 is 1.39 bits per heavy atom. The van der Waals surface area contributed by atoms with Gasteiger partial charge in [0.05, 0.1) is 11.8 Å². The molecule has 5 nitrogen and oxygen atoms in total. The summed E-state index contributed by atoms with van der Waals surface area (Å²) in [6, 6.07) is 3.67. The molecular weight excluding hydrogens is 252 g/mol. The predicted molar refractivity (Wildman–Crippen MR) is 69.7 cm³/mol. The highest BCUT2D eigenvalue weighted by molar-refractivity contribution is 7.89. The van der Waals surface area contributed by atoms with Crippen molar-refractivity contribution >= 4 is 10.0 Å². The summed E-state index contributed by atoms with van der Waals surface area (Å²) in [5, 5.41) is 2.91. The van der Waals surface area contributed by atoms with Gasteiger partial charge in [0, 0.05) is 7.05 Å². The van der Waals surface area contributed by atoms with Crippen LogP contribution in [0.4, 0.5) is 0 Å². The number of furan rings is 1. The molecule has 0 atom stereocenters. The van der Waals surface area contributed by atoms with Crippen LogP contribution in [0, 0.1) is 6.92 Å². The van der Waals surface area contributed by atoms with E-state index in [1.807, 2.05) is 19.1 Å². The van der Waals surface area contributed by atoms with Gasteiger partial charge in [0.15, 0.2) is 0 Å². The van der Waals surface area contributed by atoms with Crippen molar-refractivity contribution < 1.29 is 12.8 Å². The lowest BCUT2D eigenvalue weighted by atomic mass is 10.2. The van der Waals surface area contributed by atoms with E-state index in [9.17, 15) is 8.42 Å². The van der Waals surface area contributed by atoms with Crippen LogP contribution in [0.2, 0.25) is 0 Å². The molecule has 0 bridgehead atoms. The molecule has 0 aromatic carbocycles. The third-order valence-electron chi connectivity index (χ3n) is 3.32. The van der Waals surface area contributed by atoms with Crippen LogP contribution in [0.5, 0.6) is 0 Å². The minimum Gasteiger partial charge on any atom is -0.465 e.